The van der Waals surface area contributed by atoms with Crippen molar-refractivity contribution < 1.29 is 29.0 Å². The van der Waals surface area contributed by atoms with E-state index < -0.39 is 6.09 Å². The van der Waals surface area contributed by atoms with Crippen LogP contribution in [-0.4, -0.2) is 96.2 Å². The van der Waals surface area contributed by atoms with E-state index in [9.17, 15) is 14.4 Å². The van der Waals surface area contributed by atoms with Crippen LogP contribution in [0.15, 0.2) is 73.1 Å². The van der Waals surface area contributed by atoms with Crippen LogP contribution in [0, 0.1) is 13.8 Å². The molecule has 0 unspecified atom stereocenters. The molecular formula is C38H41ClN6O6. The molecule has 0 fully saturated rings. The SMILES string of the molecule is CNCCN(CCOCCO)C(=O)Oc1cc2c(c3c(C)cccc13)[C@H](CCl)CN2C(=O)c1cn2cc(NC(=O)c3ccc(C)cc3)ccc2n1. The number of anilines is 2. The zero-order valence-corrected chi connectivity index (χ0v) is 29.6. The Morgan fingerprint density at radius 2 is 1.84 bits per heavy atom. The maximum atomic E-state index is 14.3. The number of carbonyl (C=O) groups is 3. The number of alkyl halides is 1. The number of aliphatic hydroxyl groups excluding tert-OH is 1. The highest BCUT2D eigenvalue weighted by Crippen LogP contribution is 2.47. The molecular weight excluding hydrogens is 672 g/mol. The Labute approximate surface area is 300 Å². The van der Waals surface area contributed by atoms with Gasteiger partial charge in [-0.05, 0) is 61.7 Å². The molecule has 0 radical (unpaired) electrons. The van der Waals surface area contributed by atoms with E-state index in [4.69, 9.17) is 26.2 Å². The lowest BCUT2D eigenvalue weighted by atomic mass is 9.92. The van der Waals surface area contributed by atoms with Crippen molar-refractivity contribution in [1.82, 2.24) is 19.6 Å². The molecule has 0 bridgehead atoms. The largest absolute Gasteiger partial charge is 0.415 e. The number of hydrogen-bond donors (Lipinski definition) is 3. The van der Waals surface area contributed by atoms with Crippen LogP contribution in [0.1, 0.15) is 43.5 Å². The standard InChI is InChI=1S/C38H41ClN6O6/c1-24-7-9-26(10-8-24)36(47)41-28-11-12-33-42-30(23-44(33)22-28)37(48)45-21-27(20-39)35-31(45)19-32(29-6-4-5-25(2)34(29)35)51-38(49)43(14-13-40-3)15-17-50-18-16-46/h4-12,19,22-23,27,40,46H,13-18,20-21H2,1-3H3,(H,41,47)/t27-/m1/s1. The number of hydrogen-bond acceptors (Lipinski definition) is 8. The Kier molecular flexibility index (Phi) is 11.2. The van der Waals surface area contributed by atoms with Crippen LogP contribution in [0.4, 0.5) is 16.2 Å². The lowest BCUT2D eigenvalue weighted by Crippen LogP contribution is -2.40. The lowest BCUT2D eigenvalue weighted by molar-refractivity contribution is 0.0731. The van der Waals surface area contributed by atoms with Gasteiger partial charge in [0.05, 0.1) is 31.2 Å². The fraction of sp³-hybridized carbons (Fsp3) is 0.316. The highest BCUT2D eigenvalue weighted by molar-refractivity contribution is 6.19. The van der Waals surface area contributed by atoms with E-state index in [2.05, 4.69) is 15.6 Å². The van der Waals surface area contributed by atoms with Crippen molar-refractivity contribution in [3.63, 3.8) is 0 Å². The van der Waals surface area contributed by atoms with Gasteiger partial charge < -0.3 is 39.4 Å². The number of nitrogens with one attached hydrogen (secondary N) is 2. The number of nitrogens with zero attached hydrogens (tertiary/aromatic N) is 4. The molecule has 0 aliphatic carbocycles. The van der Waals surface area contributed by atoms with Gasteiger partial charge >= 0.3 is 6.09 Å². The van der Waals surface area contributed by atoms with E-state index in [0.717, 1.165) is 27.5 Å². The molecule has 0 saturated carbocycles. The van der Waals surface area contributed by atoms with Gasteiger partial charge in [-0.25, -0.2) is 9.78 Å². The third kappa shape index (κ3) is 7.69. The Hall–Kier alpha value is -5.01. The third-order valence-electron chi connectivity index (χ3n) is 8.95. The molecule has 13 heteroatoms. The van der Waals surface area contributed by atoms with E-state index >= 15 is 0 Å². The van der Waals surface area contributed by atoms with Gasteiger partial charge in [0.1, 0.15) is 17.1 Å². The normalized spacial score (nSPS) is 13.8. The summed E-state index contributed by atoms with van der Waals surface area (Å²) < 4.78 is 13.2. The van der Waals surface area contributed by atoms with Gasteiger partial charge in [-0.3, -0.25) is 9.59 Å². The fourth-order valence-corrected chi connectivity index (χ4v) is 6.60. The number of rotatable bonds is 13. The van der Waals surface area contributed by atoms with Crippen LogP contribution in [0.2, 0.25) is 0 Å². The van der Waals surface area contributed by atoms with Crippen LogP contribution >= 0.6 is 11.6 Å². The number of carbonyl (C=O) groups excluding carboxylic acids is 3. The minimum atomic E-state index is -0.559. The molecule has 51 heavy (non-hydrogen) atoms. The zero-order chi connectivity index (χ0) is 36.1. The predicted octanol–water partition coefficient (Wildman–Crippen LogP) is 5.37. The average molecular weight is 713 g/mol. The first kappa shape index (κ1) is 35.8. The topological polar surface area (TPSA) is 138 Å². The number of ether oxygens (including phenoxy) is 2. The summed E-state index contributed by atoms with van der Waals surface area (Å²) in [4.78, 5) is 48.5. The van der Waals surface area contributed by atoms with Gasteiger partial charge in [0.15, 0.2) is 0 Å². The molecule has 1 aliphatic heterocycles. The molecule has 1 atom stereocenters. The molecule has 6 rings (SSSR count). The molecule has 3 aromatic carbocycles. The Morgan fingerprint density at radius 1 is 1.04 bits per heavy atom. The molecule has 1 aliphatic rings. The number of pyridine rings is 1. The Balaban J connectivity index is 1.31. The fourth-order valence-electron chi connectivity index (χ4n) is 6.34. The smallest absolute Gasteiger partial charge is 0.409 e. The van der Waals surface area contributed by atoms with Crippen molar-refractivity contribution in [2.75, 3.05) is 69.1 Å². The molecule has 2 aromatic heterocycles. The summed E-state index contributed by atoms with van der Waals surface area (Å²) in [5, 5.41) is 16.7. The van der Waals surface area contributed by atoms with Crippen LogP contribution in [0.5, 0.6) is 5.75 Å². The van der Waals surface area contributed by atoms with Crippen molar-refractivity contribution in [3.8, 4) is 5.75 Å². The van der Waals surface area contributed by atoms with Crippen molar-refractivity contribution in [2.24, 2.45) is 0 Å². The maximum absolute atomic E-state index is 14.3. The first-order valence-corrected chi connectivity index (χ1v) is 17.4. The summed E-state index contributed by atoms with van der Waals surface area (Å²) in [6.07, 6.45) is 2.79. The number of benzene rings is 3. The minimum Gasteiger partial charge on any atom is -0.409 e. The summed E-state index contributed by atoms with van der Waals surface area (Å²) in [5.41, 5.74) is 5.38. The van der Waals surface area contributed by atoms with E-state index in [0.29, 0.717) is 48.0 Å². The van der Waals surface area contributed by atoms with Crippen molar-refractivity contribution in [1.29, 1.82) is 0 Å². The number of amides is 3. The summed E-state index contributed by atoms with van der Waals surface area (Å²) >= 11 is 6.55. The average Bonchev–Trinajstić information content (AvgIpc) is 3.72. The molecule has 3 heterocycles. The number of halogens is 1. The van der Waals surface area contributed by atoms with E-state index in [1.807, 2.05) is 44.2 Å². The molecule has 266 valence electrons. The van der Waals surface area contributed by atoms with Gasteiger partial charge in [-0.15, -0.1) is 11.6 Å². The number of aryl methyl sites for hydroxylation is 2. The van der Waals surface area contributed by atoms with Crippen molar-refractivity contribution in [3.05, 3.63) is 101 Å². The number of likely N-dealkylation sites (N-methyl/N-ethyl adjacent to an activating group) is 1. The second-order valence-corrected chi connectivity index (χ2v) is 12.8. The highest BCUT2D eigenvalue weighted by Gasteiger charge is 2.37. The number of imidazole rings is 1. The molecule has 12 nitrogen and oxygen atoms in total. The number of aromatic nitrogens is 2. The van der Waals surface area contributed by atoms with Gasteiger partial charge in [0.25, 0.3) is 11.8 Å². The summed E-state index contributed by atoms with van der Waals surface area (Å²) in [5.74, 6) is -0.152. The lowest BCUT2D eigenvalue weighted by Gasteiger charge is -2.23. The molecule has 0 saturated heterocycles. The number of fused-ring (bicyclic) bond motifs is 4. The van der Waals surface area contributed by atoms with Crippen LogP contribution in [0.3, 0.4) is 0 Å². The van der Waals surface area contributed by atoms with Crippen molar-refractivity contribution >= 4 is 57.3 Å². The van der Waals surface area contributed by atoms with Gasteiger partial charge in [0.2, 0.25) is 0 Å². The molecule has 5 aromatic rings. The van der Waals surface area contributed by atoms with Crippen LogP contribution in [0.25, 0.3) is 16.4 Å². The monoisotopic (exact) mass is 712 g/mol. The second kappa shape index (κ2) is 15.9. The maximum Gasteiger partial charge on any atom is 0.415 e. The summed E-state index contributed by atoms with van der Waals surface area (Å²) in [6, 6.07) is 18.3. The van der Waals surface area contributed by atoms with E-state index in [1.54, 1.807) is 64.0 Å². The van der Waals surface area contributed by atoms with Gasteiger partial charge in [-0.1, -0.05) is 35.9 Å². The van der Waals surface area contributed by atoms with Gasteiger partial charge in [0, 0.05) is 67.4 Å². The molecule has 3 N–H and O–H groups in total. The van der Waals surface area contributed by atoms with E-state index in [-0.39, 0.29) is 55.7 Å². The summed E-state index contributed by atoms with van der Waals surface area (Å²) in [6.45, 7) is 5.76. The minimum absolute atomic E-state index is 0.108. The Bertz CT molecular complexity index is 2070. The van der Waals surface area contributed by atoms with Gasteiger partial charge in [-0.2, -0.15) is 0 Å². The van der Waals surface area contributed by atoms with Crippen LogP contribution in [-0.2, 0) is 4.74 Å². The first-order chi connectivity index (χ1) is 24.7. The van der Waals surface area contributed by atoms with Crippen LogP contribution < -0.4 is 20.3 Å². The van der Waals surface area contributed by atoms with Crippen molar-refractivity contribution in [2.45, 2.75) is 19.8 Å². The zero-order valence-electron chi connectivity index (χ0n) is 28.8. The highest BCUT2D eigenvalue weighted by atomic mass is 35.5. The summed E-state index contributed by atoms with van der Waals surface area (Å²) in [7, 11) is 1.80. The molecule has 3 amide bonds. The first-order valence-electron chi connectivity index (χ1n) is 16.8. The predicted molar refractivity (Wildman–Crippen MR) is 198 cm³/mol. The second-order valence-electron chi connectivity index (χ2n) is 12.5. The number of aliphatic hydroxyl groups is 1. The van der Waals surface area contributed by atoms with E-state index in [1.165, 1.54) is 0 Å². The quantitative estimate of drug-likeness (QED) is 0.110. The third-order valence-corrected chi connectivity index (χ3v) is 9.33. The Morgan fingerprint density at radius 3 is 2.59 bits per heavy atom. The molecule has 0 spiro atoms.